The van der Waals surface area contributed by atoms with E-state index >= 15 is 0 Å². The zero-order chi connectivity index (χ0) is 18.7. The molecule has 25 heavy (non-hydrogen) atoms. The molecule has 1 aliphatic rings. The molecule has 0 aliphatic heterocycles. The molecule has 0 spiro atoms. The molecule has 1 heterocycles. The molecule has 1 aromatic carbocycles. The first-order valence-electron chi connectivity index (χ1n) is 6.70. The molecular weight excluding hydrogens is 512 g/mol. The van der Waals surface area contributed by atoms with Gasteiger partial charge in [0.1, 0.15) is 17.6 Å². The summed E-state index contributed by atoms with van der Waals surface area (Å²) in [5, 5.41) is 12.8. The van der Waals surface area contributed by atoms with Crippen molar-refractivity contribution >= 4 is 60.9 Å². The van der Waals surface area contributed by atoms with E-state index < -0.39 is 11.7 Å². The molecule has 1 fully saturated rings. The van der Waals surface area contributed by atoms with Gasteiger partial charge in [0.2, 0.25) is 0 Å². The van der Waals surface area contributed by atoms with Crippen LogP contribution in [0, 0.1) is 11.3 Å². The minimum Gasteiger partial charge on any atom is -0.383 e. The number of nitrogen functional groups attached to an aromatic ring is 1. The van der Waals surface area contributed by atoms with Crippen LogP contribution < -0.4 is 5.73 Å². The summed E-state index contributed by atoms with van der Waals surface area (Å²) in [6.45, 7) is 0. The number of hydrogen-bond donors (Lipinski definition) is 1. The van der Waals surface area contributed by atoms with Gasteiger partial charge in [-0.2, -0.15) is 23.5 Å². The fourth-order valence-electron chi connectivity index (χ4n) is 2.50. The molecule has 0 amide bonds. The number of anilines is 1. The molecule has 0 radical (unpaired) electrons. The lowest BCUT2D eigenvalue weighted by Gasteiger charge is -2.13. The van der Waals surface area contributed by atoms with Gasteiger partial charge in [-0.1, -0.05) is 55.1 Å². The van der Waals surface area contributed by atoms with E-state index in [0.717, 1.165) is 16.8 Å². The summed E-state index contributed by atoms with van der Waals surface area (Å²) in [5.74, 6) is -0.00576. The Hall–Kier alpha value is -0.950. The molecule has 132 valence electrons. The van der Waals surface area contributed by atoms with Crippen LogP contribution in [0.15, 0.2) is 12.1 Å². The molecule has 0 saturated heterocycles. The Morgan fingerprint density at radius 3 is 2.24 bits per heavy atom. The van der Waals surface area contributed by atoms with E-state index in [1.165, 1.54) is 0 Å². The van der Waals surface area contributed by atoms with E-state index in [1.54, 1.807) is 0 Å². The smallest absolute Gasteiger partial charge is 0.383 e. The van der Waals surface area contributed by atoms with Gasteiger partial charge in [-0.15, -0.1) is 0 Å². The number of nitrogens with zero attached hydrogens (tertiary/aromatic N) is 3. The fraction of sp³-hybridized carbons (Fsp3) is 0.286. The highest BCUT2D eigenvalue weighted by Gasteiger charge is 2.54. The maximum Gasteiger partial charge on any atom is 0.416 e. The quantitative estimate of drug-likeness (QED) is 0.524. The maximum atomic E-state index is 12.9. The lowest BCUT2D eigenvalue weighted by Crippen LogP contribution is -2.09. The molecule has 3 rings (SSSR count). The number of nitriles is 1. The van der Waals surface area contributed by atoms with Crippen molar-refractivity contribution < 1.29 is 13.2 Å². The molecule has 2 aromatic rings. The Balaban J connectivity index is 2.17. The fourth-order valence-corrected chi connectivity index (χ4v) is 4.25. The van der Waals surface area contributed by atoms with Crippen molar-refractivity contribution in [3.63, 3.8) is 0 Å². The van der Waals surface area contributed by atoms with Crippen LogP contribution in [0.5, 0.6) is 0 Å². The molecule has 1 atom stereocenters. The zero-order valence-electron chi connectivity index (χ0n) is 12.0. The molecule has 4 nitrogen and oxygen atoms in total. The van der Waals surface area contributed by atoms with E-state index in [2.05, 4.69) is 37.0 Å². The Morgan fingerprint density at radius 1 is 1.32 bits per heavy atom. The summed E-state index contributed by atoms with van der Waals surface area (Å²) >= 11 is 18.9. The van der Waals surface area contributed by atoms with Crippen LogP contribution >= 0.6 is 55.1 Å². The van der Waals surface area contributed by atoms with Gasteiger partial charge in [0, 0.05) is 11.5 Å². The standard InChI is InChI=1S/C14H7Br2Cl2F3N4/c15-13(16)3-6(13)10-9(4-22)24-25(12(10)23)11-7(17)1-5(2-8(11)18)14(19,20)21/h1-2,6H,3,23H2. The second-order valence-electron chi connectivity index (χ2n) is 5.48. The average molecular weight is 519 g/mol. The van der Waals surface area contributed by atoms with Crippen LogP contribution in [0.4, 0.5) is 19.0 Å². The van der Waals surface area contributed by atoms with Crippen molar-refractivity contribution in [3.8, 4) is 11.8 Å². The normalized spacial score (nSPS) is 18.9. The predicted octanol–water partition coefficient (Wildman–Crippen LogP) is 5.63. The topological polar surface area (TPSA) is 67.6 Å². The first-order valence-corrected chi connectivity index (χ1v) is 9.04. The van der Waals surface area contributed by atoms with Gasteiger partial charge < -0.3 is 5.73 Å². The summed E-state index contributed by atoms with van der Waals surface area (Å²) in [4.78, 5) is 0. The lowest BCUT2D eigenvalue weighted by molar-refractivity contribution is -0.137. The number of halogens is 7. The van der Waals surface area contributed by atoms with Gasteiger partial charge in [0.15, 0.2) is 5.69 Å². The largest absolute Gasteiger partial charge is 0.416 e. The summed E-state index contributed by atoms with van der Waals surface area (Å²) in [6.07, 6.45) is -3.92. The van der Waals surface area contributed by atoms with Crippen molar-refractivity contribution in [2.24, 2.45) is 0 Å². The predicted molar refractivity (Wildman–Crippen MR) is 95.7 cm³/mol. The van der Waals surface area contributed by atoms with E-state index in [0.29, 0.717) is 12.0 Å². The van der Waals surface area contributed by atoms with Crippen molar-refractivity contribution in [2.45, 2.75) is 21.7 Å². The third-order valence-electron chi connectivity index (χ3n) is 3.80. The summed E-state index contributed by atoms with van der Waals surface area (Å²) in [5.41, 5.74) is 5.66. The van der Waals surface area contributed by atoms with Crippen molar-refractivity contribution in [1.29, 1.82) is 5.26 Å². The molecule has 11 heteroatoms. The van der Waals surface area contributed by atoms with Crippen LogP contribution in [-0.4, -0.2) is 13.0 Å². The van der Waals surface area contributed by atoms with Gasteiger partial charge in [0.05, 0.1) is 18.8 Å². The summed E-state index contributed by atoms with van der Waals surface area (Å²) in [6, 6.07) is 3.42. The third-order valence-corrected chi connectivity index (χ3v) is 6.12. The minimum atomic E-state index is -4.59. The van der Waals surface area contributed by atoms with Gasteiger partial charge in [0.25, 0.3) is 0 Å². The van der Waals surface area contributed by atoms with Crippen molar-refractivity contribution in [2.75, 3.05) is 5.73 Å². The number of hydrogen-bond acceptors (Lipinski definition) is 3. The van der Waals surface area contributed by atoms with Crippen LogP contribution in [0.3, 0.4) is 0 Å². The van der Waals surface area contributed by atoms with E-state index in [-0.39, 0.29) is 36.4 Å². The highest BCUT2D eigenvalue weighted by Crippen LogP contribution is 2.63. The molecule has 1 aliphatic carbocycles. The monoisotopic (exact) mass is 516 g/mol. The molecule has 0 bridgehead atoms. The van der Waals surface area contributed by atoms with Crippen LogP contribution in [0.1, 0.15) is 29.2 Å². The number of alkyl halides is 5. The number of rotatable bonds is 2. The minimum absolute atomic E-state index is 0.00743. The van der Waals surface area contributed by atoms with E-state index in [4.69, 9.17) is 28.9 Å². The number of aromatic nitrogens is 2. The molecular formula is C14H7Br2Cl2F3N4. The maximum absolute atomic E-state index is 12.9. The zero-order valence-corrected chi connectivity index (χ0v) is 16.7. The number of nitrogens with two attached hydrogens (primary N) is 1. The number of benzene rings is 1. The Labute approximate surface area is 166 Å². The Kier molecular flexibility index (Phi) is 4.55. The van der Waals surface area contributed by atoms with E-state index in [1.807, 2.05) is 6.07 Å². The molecule has 1 unspecified atom stereocenters. The molecule has 1 aromatic heterocycles. The van der Waals surface area contributed by atoms with Crippen LogP contribution in [-0.2, 0) is 6.18 Å². The summed E-state index contributed by atoms with van der Waals surface area (Å²) in [7, 11) is 0. The van der Waals surface area contributed by atoms with Crippen molar-refractivity contribution in [3.05, 3.63) is 39.0 Å². The first-order chi connectivity index (χ1) is 11.5. The second-order valence-corrected chi connectivity index (χ2v) is 10.2. The Morgan fingerprint density at radius 2 is 1.84 bits per heavy atom. The third kappa shape index (κ3) is 3.25. The lowest BCUT2D eigenvalue weighted by atomic mass is 10.1. The van der Waals surface area contributed by atoms with Gasteiger partial charge >= 0.3 is 6.18 Å². The summed E-state index contributed by atoms with van der Waals surface area (Å²) < 4.78 is 39.3. The van der Waals surface area contributed by atoms with Crippen LogP contribution in [0.25, 0.3) is 5.69 Å². The highest BCUT2D eigenvalue weighted by molar-refractivity contribution is 9.25. The van der Waals surface area contributed by atoms with Crippen molar-refractivity contribution in [1.82, 2.24) is 9.78 Å². The molecule has 1 saturated carbocycles. The van der Waals surface area contributed by atoms with Gasteiger partial charge in [-0.3, -0.25) is 0 Å². The average Bonchev–Trinajstić information content (AvgIpc) is 2.97. The first kappa shape index (κ1) is 18.8. The highest BCUT2D eigenvalue weighted by atomic mass is 79.9. The SMILES string of the molecule is N#Cc1nn(-c2c(Cl)cc(C(F)(F)F)cc2Cl)c(N)c1C1CC1(Br)Br. The van der Waals surface area contributed by atoms with Gasteiger partial charge in [-0.25, -0.2) is 4.68 Å². The molecule has 2 N–H and O–H groups in total. The van der Waals surface area contributed by atoms with E-state index in [9.17, 15) is 18.4 Å². The second kappa shape index (κ2) is 6.05. The van der Waals surface area contributed by atoms with Gasteiger partial charge in [-0.05, 0) is 18.6 Å². The Bertz CT molecular complexity index is 895. The van der Waals surface area contributed by atoms with Crippen LogP contribution in [0.2, 0.25) is 10.0 Å².